The molecule has 0 aliphatic carbocycles. The average molecular weight is 363 g/mol. The Hall–Kier alpha value is -2.15. The average Bonchev–Trinajstić information content (AvgIpc) is 2.93. The van der Waals surface area contributed by atoms with Crippen LogP contribution in [0.15, 0.2) is 42.7 Å². The van der Waals surface area contributed by atoms with Gasteiger partial charge in [-0.2, -0.15) is 0 Å². The first-order valence-corrected chi connectivity index (χ1v) is 10.1. The highest BCUT2D eigenvalue weighted by Gasteiger charge is 2.24. The van der Waals surface area contributed by atoms with Gasteiger partial charge in [0.2, 0.25) is 5.91 Å². The predicted molar refractivity (Wildman–Crippen MR) is 97.8 cm³/mol. The third-order valence-corrected chi connectivity index (χ3v) is 5.46. The van der Waals surface area contributed by atoms with E-state index in [1.807, 2.05) is 51.1 Å². The van der Waals surface area contributed by atoms with Gasteiger partial charge < -0.3 is 9.88 Å². The number of imidazole rings is 1. The number of rotatable bonds is 8. The van der Waals surface area contributed by atoms with Crippen molar-refractivity contribution in [1.29, 1.82) is 0 Å². The Kier molecular flexibility index (Phi) is 6.00. The number of carbonyl (C=O) groups excluding carboxylic acids is 1. The molecule has 0 fully saturated rings. The van der Waals surface area contributed by atoms with E-state index in [4.69, 9.17) is 0 Å². The van der Waals surface area contributed by atoms with Crippen molar-refractivity contribution in [3.8, 4) is 0 Å². The molecule has 0 radical (unpaired) electrons. The zero-order valence-corrected chi connectivity index (χ0v) is 15.7. The van der Waals surface area contributed by atoms with Crippen LogP contribution >= 0.6 is 0 Å². The molecule has 1 aromatic carbocycles. The molecule has 0 spiro atoms. The molecule has 2 rings (SSSR count). The molecule has 0 aliphatic heterocycles. The summed E-state index contributed by atoms with van der Waals surface area (Å²) in [4.78, 5) is 16.2. The van der Waals surface area contributed by atoms with Crippen molar-refractivity contribution in [2.45, 2.75) is 45.0 Å². The van der Waals surface area contributed by atoms with Gasteiger partial charge in [-0.15, -0.1) is 0 Å². The van der Waals surface area contributed by atoms with E-state index in [0.717, 1.165) is 12.0 Å². The highest BCUT2D eigenvalue weighted by molar-refractivity contribution is 7.91. The zero-order valence-electron chi connectivity index (χ0n) is 14.9. The minimum Gasteiger partial charge on any atom is -0.350 e. The Bertz CT molecular complexity index is 811. The summed E-state index contributed by atoms with van der Waals surface area (Å²) in [7, 11) is -3.59. The Labute approximate surface area is 149 Å². The van der Waals surface area contributed by atoms with Crippen LogP contribution in [0.4, 0.5) is 0 Å². The van der Waals surface area contributed by atoms with Crippen molar-refractivity contribution in [2.24, 2.45) is 0 Å². The summed E-state index contributed by atoms with van der Waals surface area (Å²) in [5, 5.41) is 2.75. The fourth-order valence-electron chi connectivity index (χ4n) is 2.35. The van der Waals surface area contributed by atoms with Gasteiger partial charge in [-0.3, -0.25) is 4.79 Å². The first-order chi connectivity index (χ1) is 11.7. The van der Waals surface area contributed by atoms with Crippen LogP contribution in [0.5, 0.6) is 0 Å². The lowest BCUT2D eigenvalue weighted by Crippen LogP contribution is -2.45. The smallest absolute Gasteiger partial charge is 0.235 e. The predicted octanol–water partition coefficient (Wildman–Crippen LogP) is 2.15. The van der Waals surface area contributed by atoms with Gasteiger partial charge in [-0.1, -0.05) is 37.3 Å². The van der Waals surface area contributed by atoms with Crippen molar-refractivity contribution < 1.29 is 13.2 Å². The molecule has 0 saturated carbocycles. The first kappa shape index (κ1) is 19.2. The van der Waals surface area contributed by atoms with Gasteiger partial charge >= 0.3 is 0 Å². The zero-order chi connectivity index (χ0) is 18.5. The first-order valence-electron chi connectivity index (χ1n) is 8.26. The fourth-order valence-corrected chi connectivity index (χ4v) is 3.56. The van der Waals surface area contributed by atoms with Crippen LogP contribution < -0.4 is 5.32 Å². The minimum atomic E-state index is -3.59. The highest BCUT2D eigenvalue weighted by Crippen LogP contribution is 2.11. The van der Waals surface area contributed by atoms with E-state index in [1.165, 1.54) is 0 Å². The van der Waals surface area contributed by atoms with Gasteiger partial charge in [0.1, 0.15) is 17.3 Å². The molecule has 1 amide bonds. The summed E-state index contributed by atoms with van der Waals surface area (Å²) in [6, 6.07) is 9.74. The van der Waals surface area contributed by atoms with Crippen molar-refractivity contribution >= 4 is 15.7 Å². The normalized spacial score (nSPS) is 12.1. The summed E-state index contributed by atoms with van der Waals surface area (Å²) in [5.41, 5.74) is 0.639. The lowest BCUT2D eigenvalue weighted by Gasteiger charge is -2.24. The number of amides is 1. The summed E-state index contributed by atoms with van der Waals surface area (Å²) >= 11 is 0. The summed E-state index contributed by atoms with van der Waals surface area (Å²) < 4.78 is 26.5. The quantitative estimate of drug-likeness (QED) is 0.779. The van der Waals surface area contributed by atoms with Gasteiger partial charge in [0.05, 0.1) is 0 Å². The Morgan fingerprint density at radius 1 is 1.24 bits per heavy atom. The molecule has 2 aromatic rings. The molecule has 1 aromatic heterocycles. The molecule has 0 bridgehead atoms. The molecule has 0 atom stereocenters. The Balaban J connectivity index is 2.04. The second kappa shape index (κ2) is 7.82. The van der Waals surface area contributed by atoms with Crippen molar-refractivity contribution in [3.05, 3.63) is 54.1 Å². The Morgan fingerprint density at radius 3 is 2.56 bits per heavy atom. The van der Waals surface area contributed by atoms with E-state index in [2.05, 4.69) is 10.3 Å². The van der Waals surface area contributed by atoms with Crippen LogP contribution in [0, 0.1) is 0 Å². The van der Waals surface area contributed by atoms with Crippen LogP contribution in [0.3, 0.4) is 0 Å². The van der Waals surface area contributed by atoms with Gasteiger partial charge in [-0.05, 0) is 25.8 Å². The molecule has 6 nitrogen and oxygen atoms in total. The van der Waals surface area contributed by atoms with E-state index in [9.17, 15) is 13.2 Å². The van der Waals surface area contributed by atoms with E-state index in [-0.39, 0.29) is 5.75 Å². The van der Waals surface area contributed by atoms with E-state index in [1.54, 1.807) is 17.0 Å². The molecule has 1 N–H and O–H groups in total. The van der Waals surface area contributed by atoms with Gasteiger partial charge in [0.15, 0.2) is 9.84 Å². The van der Waals surface area contributed by atoms with E-state index in [0.29, 0.717) is 12.4 Å². The van der Waals surface area contributed by atoms with Crippen molar-refractivity contribution in [2.75, 3.05) is 5.75 Å². The molecular formula is C18H25N3O3S. The number of carbonyl (C=O) groups is 1. The lowest BCUT2D eigenvalue weighted by atomic mass is 10.0. The molecule has 0 unspecified atom stereocenters. The maximum absolute atomic E-state index is 12.4. The number of hydrogen-bond donors (Lipinski definition) is 1. The molecular weight excluding hydrogens is 338 g/mol. The molecule has 136 valence electrons. The number of aromatic nitrogens is 2. The largest absolute Gasteiger partial charge is 0.350 e. The minimum absolute atomic E-state index is 0.257. The third-order valence-electron chi connectivity index (χ3n) is 4.06. The second-order valence-electron chi connectivity index (χ2n) is 6.77. The lowest BCUT2D eigenvalue weighted by molar-refractivity contribution is -0.120. The maximum atomic E-state index is 12.4. The molecule has 7 heteroatoms. The molecule has 0 saturated heterocycles. The number of nitrogens with zero attached hydrogens (tertiary/aromatic N) is 2. The van der Waals surface area contributed by atoms with E-state index < -0.39 is 27.0 Å². The van der Waals surface area contributed by atoms with E-state index >= 15 is 0 Å². The SMILES string of the molecule is CCC(C)(C)NC(=O)CS(=O)(=O)Cc1nccn1Cc1ccccc1. The van der Waals surface area contributed by atoms with Crippen LogP contribution in [-0.2, 0) is 26.9 Å². The van der Waals surface area contributed by atoms with Crippen LogP contribution in [0.2, 0.25) is 0 Å². The van der Waals surface area contributed by atoms with Crippen LogP contribution in [0.25, 0.3) is 0 Å². The van der Waals surface area contributed by atoms with Crippen LogP contribution in [0.1, 0.15) is 38.6 Å². The number of hydrogen-bond acceptors (Lipinski definition) is 4. The monoisotopic (exact) mass is 363 g/mol. The molecule has 1 heterocycles. The standard InChI is InChI=1S/C18H25N3O3S/c1-4-18(2,3)20-17(22)14-25(23,24)13-16-19-10-11-21(16)12-15-8-6-5-7-9-15/h5-11H,4,12-14H2,1-3H3,(H,20,22). The van der Waals surface area contributed by atoms with Gasteiger partial charge in [0, 0.05) is 24.5 Å². The summed E-state index contributed by atoms with van der Waals surface area (Å²) in [5.74, 6) is -0.832. The summed E-state index contributed by atoms with van der Waals surface area (Å²) in [6.45, 7) is 6.21. The van der Waals surface area contributed by atoms with Gasteiger partial charge in [0.25, 0.3) is 0 Å². The maximum Gasteiger partial charge on any atom is 0.235 e. The highest BCUT2D eigenvalue weighted by atomic mass is 32.2. The fraction of sp³-hybridized carbons (Fsp3) is 0.444. The second-order valence-corrected chi connectivity index (χ2v) is 8.84. The molecule has 25 heavy (non-hydrogen) atoms. The van der Waals surface area contributed by atoms with Crippen LogP contribution in [-0.4, -0.2) is 35.2 Å². The number of nitrogens with one attached hydrogen (secondary N) is 1. The molecule has 0 aliphatic rings. The van der Waals surface area contributed by atoms with Crippen molar-refractivity contribution in [3.63, 3.8) is 0 Å². The third kappa shape index (κ3) is 6.01. The number of sulfone groups is 1. The van der Waals surface area contributed by atoms with Crippen molar-refractivity contribution in [1.82, 2.24) is 14.9 Å². The summed E-state index contributed by atoms with van der Waals surface area (Å²) in [6.07, 6.45) is 4.05. The Morgan fingerprint density at radius 2 is 1.92 bits per heavy atom. The number of benzene rings is 1. The topological polar surface area (TPSA) is 81.1 Å². The van der Waals surface area contributed by atoms with Gasteiger partial charge in [-0.25, -0.2) is 13.4 Å².